The summed E-state index contributed by atoms with van der Waals surface area (Å²) >= 11 is 5.10. The molecule has 3 N–H and O–H groups in total. The van der Waals surface area contributed by atoms with Gasteiger partial charge < -0.3 is 15.2 Å². The van der Waals surface area contributed by atoms with E-state index in [-0.39, 0.29) is 16.4 Å². The van der Waals surface area contributed by atoms with Crippen LogP contribution in [0.5, 0.6) is 5.75 Å². The quantitative estimate of drug-likeness (QED) is 0.361. The lowest BCUT2D eigenvalue weighted by atomic mass is 10.1. The van der Waals surface area contributed by atoms with E-state index in [1.54, 1.807) is 6.07 Å². The topological polar surface area (TPSA) is 111 Å². The molecule has 150 valence electrons. The SMILES string of the molecule is CCCCCOC(=O)c1ccc(NC(=S)NC(=O)c2ccc(C#N)cc2)cc1O. The Balaban J connectivity index is 1.93. The van der Waals surface area contributed by atoms with Crippen LogP contribution in [0.4, 0.5) is 5.69 Å². The number of nitrogens with zero attached hydrogens (tertiary/aromatic N) is 1. The number of ether oxygens (including phenoxy) is 1. The molecule has 1 amide bonds. The first-order chi connectivity index (χ1) is 13.9. The summed E-state index contributed by atoms with van der Waals surface area (Å²) in [4.78, 5) is 24.2. The van der Waals surface area contributed by atoms with Crippen molar-refractivity contribution >= 4 is 34.9 Å². The number of phenols is 1. The number of hydrogen-bond donors (Lipinski definition) is 3. The summed E-state index contributed by atoms with van der Waals surface area (Å²) < 4.78 is 5.13. The Kier molecular flexibility index (Phi) is 8.12. The molecule has 0 aromatic heterocycles. The smallest absolute Gasteiger partial charge is 0.341 e. The summed E-state index contributed by atoms with van der Waals surface area (Å²) in [7, 11) is 0. The Bertz CT molecular complexity index is 936. The van der Waals surface area contributed by atoms with Crippen molar-refractivity contribution in [2.45, 2.75) is 26.2 Å². The zero-order valence-electron chi connectivity index (χ0n) is 15.9. The molecular formula is C21H21N3O4S. The zero-order chi connectivity index (χ0) is 21.2. The van der Waals surface area contributed by atoms with Crippen LogP contribution in [-0.2, 0) is 4.74 Å². The molecule has 0 spiro atoms. The number of aromatic hydroxyl groups is 1. The number of unbranched alkanes of at least 4 members (excludes halogenated alkanes) is 2. The summed E-state index contributed by atoms with van der Waals surface area (Å²) in [5, 5.41) is 24.2. The van der Waals surface area contributed by atoms with Crippen molar-refractivity contribution in [2.75, 3.05) is 11.9 Å². The van der Waals surface area contributed by atoms with Crippen LogP contribution in [0, 0.1) is 11.3 Å². The van der Waals surface area contributed by atoms with E-state index >= 15 is 0 Å². The first-order valence-electron chi connectivity index (χ1n) is 9.07. The summed E-state index contributed by atoms with van der Waals surface area (Å²) in [5.74, 6) is -1.29. The third kappa shape index (κ3) is 6.59. The Hall–Kier alpha value is -3.44. The van der Waals surface area contributed by atoms with Crippen LogP contribution in [0.3, 0.4) is 0 Å². The van der Waals surface area contributed by atoms with Gasteiger partial charge in [-0.1, -0.05) is 19.8 Å². The first-order valence-corrected chi connectivity index (χ1v) is 9.48. The van der Waals surface area contributed by atoms with Crippen LogP contribution < -0.4 is 10.6 Å². The van der Waals surface area contributed by atoms with Crippen molar-refractivity contribution in [2.24, 2.45) is 0 Å². The highest BCUT2D eigenvalue weighted by Gasteiger charge is 2.14. The van der Waals surface area contributed by atoms with Gasteiger partial charge in [-0.3, -0.25) is 10.1 Å². The molecule has 0 aliphatic heterocycles. The Morgan fingerprint density at radius 3 is 2.52 bits per heavy atom. The number of hydrogen-bond acceptors (Lipinski definition) is 6. The maximum Gasteiger partial charge on any atom is 0.341 e. The number of nitriles is 1. The number of carbonyl (C=O) groups excluding carboxylic acids is 2. The molecule has 0 saturated carbocycles. The Morgan fingerprint density at radius 2 is 1.90 bits per heavy atom. The fourth-order valence-corrected chi connectivity index (χ4v) is 2.62. The van der Waals surface area contributed by atoms with Gasteiger partial charge in [0, 0.05) is 17.3 Å². The number of amides is 1. The van der Waals surface area contributed by atoms with Crippen LogP contribution in [-0.4, -0.2) is 28.7 Å². The van der Waals surface area contributed by atoms with E-state index in [0.29, 0.717) is 23.4 Å². The molecule has 0 atom stereocenters. The van der Waals surface area contributed by atoms with E-state index in [1.807, 2.05) is 6.07 Å². The second-order valence-electron chi connectivity index (χ2n) is 6.17. The Labute approximate surface area is 174 Å². The van der Waals surface area contributed by atoms with E-state index in [1.165, 1.54) is 36.4 Å². The molecule has 0 bridgehead atoms. The van der Waals surface area contributed by atoms with Gasteiger partial charge in [0.25, 0.3) is 5.91 Å². The normalized spacial score (nSPS) is 9.93. The van der Waals surface area contributed by atoms with Gasteiger partial charge in [0.2, 0.25) is 0 Å². The second kappa shape index (κ2) is 10.8. The van der Waals surface area contributed by atoms with E-state index in [2.05, 4.69) is 17.6 Å². The van der Waals surface area contributed by atoms with Gasteiger partial charge >= 0.3 is 5.97 Å². The molecule has 7 nitrogen and oxygen atoms in total. The lowest BCUT2D eigenvalue weighted by molar-refractivity contribution is 0.0495. The van der Waals surface area contributed by atoms with Crippen LogP contribution >= 0.6 is 12.2 Å². The van der Waals surface area contributed by atoms with Crippen LogP contribution in [0.25, 0.3) is 0 Å². The summed E-state index contributed by atoms with van der Waals surface area (Å²) in [6, 6.07) is 12.4. The van der Waals surface area contributed by atoms with Crippen molar-refractivity contribution in [3.8, 4) is 11.8 Å². The third-order valence-electron chi connectivity index (χ3n) is 3.96. The molecule has 0 fully saturated rings. The first kappa shape index (κ1) is 21.9. The molecule has 0 aliphatic rings. The number of esters is 1. The zero-order valence-corrected chi connectivity index (χ0v) is 16.7. The Morgan fingerprint density at radius 1 is 1.17 bits per heavy atom. The molecule has 2 aromatic carbocycles. The van der Waals surface area contributed by atoms with Crippen LogP contribution in [0.2, 0.25) is 0 Å². The minimum absolute atomic E-state index is 0.0219. The highest BCUT2D eigenvalue weighted by molar-refractivity contribution is 7.80. The molecule has 0 heterocycles. The summed E-state index contributed by atoms with van der Waals surface area (Å²) in [6.07, 6.45) is 2.76. The van der Waals surface area contributed by atoms with Gasteiger partial charge in [-0.2, -0.15) is 5.26 Å². The highest BCUT2D eigenvalue weighted by Crippen LogP contribution is 2.23. The van der Waals surface area contributed by atoms with Crippen LogP contribution in [0.1, 0.15) is 52.5 Å². The number of nitrogens with one attached hydrogen (secondary N) is 2. The minimum atomic E-state index is -0.596. The van der Waals surface area contributed by atoms with E-state index in [4.69, 9.17) is 22.2 Å². The largest absolute Gasteiger partial charge is 0.507 e. The molecule has 0 radical (unpaired) electrons. The lowest BCUT2D eigenvalue weighted by Gasteiger charge is -2.11. The minimum Gasteiger partial charge on any atom is -0.507 e. The predicted molar refractivity (Wildman–Crippen MR) is 113 cm³/mol. The van der Waals surface area contributed by atoms with Crippen molar-refractivity contribution in [1.29, 1.82) is 5.26 Å². The van der Waals surface area contributed by atoms with Gasteiger partial charge in [0.15, 0.2) is 5.11 Å². The number of phenolic OH excluding ortho intramolecular Hbond substituents is 1. The summed E-state index contributed by atoms with van der Waals surface area (Å²) in [6.45, 7) is 2.36. The van der Waals surface area contributed by atoms with Gasteiger partial charge in [-0.25, -0.2) is 4.79 Å². The van der Waals surface area contributed by atoms with Gasteiger partial charge in [-0.05, 0) is 55.0 Å². The molecule has 0 saturated heterocycles. The molecule has 2 aromatic rings. The lowest BCUT2D eigenvalue weighted by Crippen LogP contribution is -2.34. The van der Waals surface area contributed by atoms with Crippen LogP contribution in [0.15, 0.2) is 42.5 Å². The number of carbonyl (C=O) groups is 2. The van der Waals surface area contributed by atoms with E-state index in [9.17, 15) is 14.7 Å². The van der Waals surface area contributed by atoms with E-state index in [0.717, 1.165) is 19.3 Å². The molecule has 8 heteroatoms. The van der Waals surface area contributed by atoms with Gasteiger partial charge in [-0.15, -0.1) is 0 Å². The van der Waals surface area contributed by atoms with Crippen molar-refractivity contribution < 1.29 is 19.4 Å². The predicted octanol–water partition coefficient (Wildman–Crippen LogP) is 3.74. The fraction of sp³-hybridized carbons (Fsp3) is 0.238. The number of anilines is 1. The number of thiocarbonyl (C=S) groups is 1. The average molecular weight is 411 g/mol. The van der Waals surface area contributed by atoms with E-state index < -0.39 is 11.9 Å². The average Bonchev–Trinajstić information content (AvgIpc) is 2.71. The number of benzene rings is 2. The second-order valence-corrected chi connectivity index (χ2v) is 6.58. The molecule has 0 unspecified atom stereocenters. The van der Waals surface area contributed by atoms with Crippen molar-refractivity contribution in [3.63, 3.8) is 0 Å². The van der Waals surface area contributed by atoms with Crippen molar-refractivity contribution in [3.05, 3.63) is 59.2 Å². The van der Waals surface area contributed by atoms with Gasteiger partial charge in [0.1, 0.15) is 11.3 Å². The molecular weight excluding hydrogens is 390 g/mol. The highest BCUT2D eigenvalue weighted by atomic mass is 32.1. The molecule has 0 aliphatic carbocycles. The molecule has 29 heavy (non-hydrogen) atoms. The van der Waals surface area contributed by atoms with Crippen molar-refractivity contribution in [1.82, 2.24) is 5.32 Å². The fourth-order valence-electron chi connectivity index (χ4n) is 2.41. The monoisotopic (exact) mass is 411 g/mol. The summed E-state index contributed by atoms with van der Waals surface area (Å²) in [5.41, 5.74) is 1.24. The standard InChI is InChI=1S/C21H21N3O4S/c1-2-3-4-11-28-20(27)17-10-9-16(12-18(17)25)23-21(29)24-19(26)15-7-5-14(13-22)6-8-15/h5-10,12,25H,2-4,11H2,1H3,(H2,23,24,26,29). The number of rotatable bonds is 7. The maximum absolute atomic E-state index is 12.2. The molecule has 2 rings (SSSR count). The van der Waals surface area contributed by atoms with Gasteiger partial charge in [0.05, 0.1) is 18.2 Å². The third-order valence-corrected chi connectivity index (χ3v) is 4.16. The maximum atomic E-state index is 12.2.